The van der Waals surface area contributed by atoms with Gasteiger partial charge in [-0.1, -0.05) is 12.2 Å². The lowest BCUT2D eigenvalue weighted by Crippen LogP contribution is -2.23. The third-order valence-corrected chi connectivity index (χ3v) is 4.08. The van der Waals surface area contributed by atoms with Gasteiger partial charge in [0.25, 0.3) is 0 Å². The molecule has 1 heterocycles. The first-order valence-corrected chi connectivity index (χ1v) is 7.73. The monoisotopic (exact) mass is 309 g/mol. The molecule has 3 rings (SSSR count). The van der Waals surface area contributed by atoms with Crippen molar-refractivity contribution in [2.24, 2.45) is 13.0 Å². The number of aromatic nitrogens is 2. The number of amides is 1. The van der Waals surface area contributed by atoms with Crippen molar-refractivity contribution in [3.63, 3.8) is 0 Å². The summed E-state index contributed by atoms with van der Waals surface area (Å²) in [6.45, 7) is 0. The minimum absolute atomic E-state index is 0.0360. The van der Waals surface area contributed by atoms with Gasteiger partial charge in [-0.25, -0.2) is 4.98 Å². The summed E-state index contributed by atoms with van der Waals surface area (Å²) in [6, 6.07) is 6.94. The molecule has 1 N–H and O–H groups in total. The van der Waals surface area contributed by atoms with Crippen molar-refractivity contribution >= 4 is 17.4 Å². The molecule has 1 aromatic heterocycles. The summed E-state index contributed by atoms with van der Waals surface area (Å²) < 4.78 is 1.69. The van der Waals surface area contributed by atoms with E-state index in [0.29, 0.717) is 17.1 Å². The Hall–Kier alpha value is -2.69. The van der Waals surface area contributed by atoms with Gasteiger partial charge in [-0.15, -0.1) is 0 Å². The van der Waals surface area contributed by atoms with Gasteiger partial charge in [0.05, 0.1) is 0 Å². The summed E-state index contributed by atoms with van der Waals surface area (Å²) in [5, 5.41) is 2.92. The molecule has 1 aliphatic rings. The highest BCUT2D eigenvalue weighted by molar-refractivity contribution is 6.07. The molecule has 0 fully saturated rings. The zero-order valence-corrected chi connectivity index (χ0v) is 13.0. The fourth-order valence-corrected chi connectivity index (χ4v) is 2.69. The Morgan fingerprint density at radius 1 is 1.22 bits per heavy atom. The predicted molar refractivity (Wildman–Crippen MR) is 88.2 cm³/mol. The van der Waals surface area contributed by atoms with Gasteiger partial charge in [-0.3, -0.25) is 9.59 Å². The number of nitrogens with one attached hydrogen (secondary N) is 1. The van der Waals surface area contributed by atoms with E-state index in [1.54, 1.807) is 48.3 Å². The maximum Gasteiger partial charge on any atom is 0.228 e. The molecule has 2 aromatic rings. The maximum absolute atomic E-state index is 12.3. The SMILES string of the molecule is Cn1ccnc1C(=O)c1ccc(NC(=O)[C@@H]2CC=CCC2)cc1. The second-order valence-electron chi connectivity index (χ2n) is 5.74. The van der Waals surface area contributed by atoms with Crippen LogP contribution in [0.25, 0.3) is 0 Å². The van der Waals surface area contributed by atoms with E-state index in [-0.39, 0.29) is 17.6 Å². The molecular weight excluding hydrogens is 290 g/mol. The largest absolute Gasteiger partial charge is 0.331 e. The zero-order valence-electron chi connectivity index (χ0n) is 13.0. The van der Waals surface area contributed by atoms with E-state index >= 15 is 0 Å². The second-order valence-corrected chi connectivity index (χ2v) is 5.74. The zero-order chi connectivity index (χ0) is 16.2. The molecule has 0 saturated heterocycles. The molecule has 0 aliphatic heterocycles. The fourth-order valence-electron chi connectivity index (χ4n) is 2.69. The molecule has 1 aromatic carbocycles. The lowest BCUT2D eigenvalue weighted by atomic mass is 9.93. The van der Waals surface area contributed by atoms with Gasteiger partial charge in [0.2, 0.25) is 11.7 Å². The van der Waals surface area contributed by atoms with Crippen LogP contribution in [0.3, 0.4) is 0 Å². The summed E-state index contributed by atoms with van der Waals surface area (Å²) >= 11 is 0. The predicted octanol–water partition coefficient (Wildman–Crippen LogP) is 2.95. The summed E-state index contributed by atoms with van der Waals surface area (Å²) in [7, 11) is 1.79. The molecule has 0 radical (unpaired) electrons. The Bertz CT molecular complexity index is 744. The van der Waals surface area contributed by atoms with Gasteiger partial charge in [0, 0.05) is 36.6 Å². The van der Waals surface area contributed by atoms with E-state index < -0.39 is 0 Å². The van der Waals surface area contributed by atoms with Crippen LogP contribution in [0, 0.1) is 5.92 Å². The Labute approximate surface area is 135 Å². The molecule has 23 heavy (non-hydrogen) atoms. The number of carbonyl (C=O) groups is 2. The first-order chi connectivity index (χ1) is 11.1. The average Bonchev–Trinajstić information content (AvgIpc) is 3.02. The van der Waals surface area contributed by atoms with Crippen LogP contribution in [0.15, 0.2) is 48.8 Å². The number of benzene rings is 1. The standard InChI is InChI=1S/C18H19N3O2/c1-21-12-11-19-17(21)16(22)13-7-9-15(10-8-13)20-18(23)14-5-3-2-4-6-14/h2-3,7-12,14H,4-6H2,1H3,(H,20,23)/t14-/m1/s1. The number of rotatable bonds is 4. The van der Waals surface area contributed by atoms with Gasteiger partial charge in [0.1, 0.15) is 0 Å². The van der Waals surface area contributed by atoms with Gasteiger partial charge in [-0.2, -0.15) is 0 Å². The highest BCUT2D eigenvalue weighted by Gasteiger charge is 2.19. The van der Waals surface area contributed by atoms with Crippen LogP contribution in [-0.2, 0) is 11.8 Å². The third-order valence-electron chi connectivity index (χ3n) is 4.08. The van der Waals surface area contributed by atoms with Crippen LogP contribution in [-0.4, -0.2) is 21.2 Å². The number of anilines is 1. The molecule has 118 valence electrons. The summed E-state index contributed by atoms with van der Waals surface area (Å²) in [4.78, 5) is 28.6. The minimum atomic E-state index is -0.132. The Kier molecular flexibility index (Phi) is 4.37. The Morgan fingerprint density at radius 2 is 2.00 bits per heavy atom. The fraction of sp³-hybridized carbons (Fsp3) is 0.278. The molecule has 0 unspecified atom stereocenters. The first-order valence-electron chi connectivity index (χ1n) is 7.73. The Balaban J connectivity index is 1.67. The third kappa shape index (κ3) is 3.39. The minimum Gasteiger partial charge on any atom is -0.331 e. The number of hydrogen-bond acceptors (Lipinski definition) is 3. The number of imidazole rings is 1. The number of aryl methyl sites for hydroxylation is 1. The van der Waals surface area contributed by atoms with Crippen molar-refractivity contribution in [1.29, 1.82) is 0 Å². The summed E-state index contributed by atoms with van der Waals surface area (Å²) in [5.41, 5.74) is 1.26. The number of ketones is 1. The van der Waals surface area contributed by atoms with E-state index in [1.807, 2.05) is 0 Å². The van der Waals surface area contributed by atoms with Crippen molar-refractivity contribution in [3.8, 4) is 0 Å². The van der Waals surface area contributed by atoms with E-state index in [1.165, 1.54) is 0 Å². The molecule has 1 atom stereocenters. The molecule has 0 bridgehead atoms. The Morgan fingerprint density at radius 3 is 2.61 bits per heavy atom. The normalized spacial score (nSPS) is 17.0. The molecule has 5 heteroatoms. The molecule has 0 saturated carbocycles. The van der Waals surface area contributed by atoms with Crippen LogP contribution in [0.2, 0.25) is 0 Å². The van der Waals surface area contributed by atoms with Gasteiger partial charge in [0.15, 0.2) is 5.82 Å². The van der Waals surface area contributed by atoms with E-state index in [9.17, 15) is 9.59 Å². The van der Waals surface area contributed by atoms with Crippen molar-refractivity contribution in [1.82, 2.24) is 9.55 Å². The van der Waals surface area contributed by atoms with E-state index in [4.69, 9.17) is 0 Å². The van der Waals surface area contributed by atoms with Crippen LogP contribution in [0.4, 0.5) is 5.69 Å². The smallest absolute Gasteiger partial charge is 0.228 e. The summed E-state index contributed by atoms with van der Waals surface area (Å²) in [5.74, 6) is 0.343. The number of carbonyl (C=O) groups excluding carboxylic acids is 2. The van der Waals surface area contributed by atoms with Crippen molar-refractivity contribution in [3.05, 3.63) is 60.2 Å². The molecule has 5 nitrogen and oxygen atoms in total. The highest BCUT2D eigenvalue weighted by Crippen LogP contribution is 2.20. The van der Waals surface area contributed by atoms with Crippen LogP contribution >= 0.6 is 0 Å². The molecule has 1 amide bonds. The molecular formula is C18H19N3O2. The van der Waals surface area contributed by atoms with Gasteiger partial charge >= 0.3 is 0 Å². The van der Waals surface area contributed by atoms with E-state index in [0.717, 1.165) is 19.3 Å². The number of allylic oxidation sites excluding steroid dienone is 2. The number of hydrogen-bond donors (Lipinski definition) is 1. The highest BCUT2D eigenvalue weighted by atomic mass is 16.2. The second kappa shape index (κ2) is 6.60. The first kappa shape index (κ1) is 15.2. The lowest BCUT2D eigenvalue weighted by molar-refractivity contribution is -0.120. The van der Waals surface area contributed by atoms with Crippen molar-refractivity contribution < 1.29 is 9.59 Å². The average molecular weight is 309 g/mol. The number of nitrogens with zero attached hydrogens (tertiary/aromatic N) is 2. The van der Waals surface area contributed by atoms with Crippen molar-refractivity contribution in [2.45, 2.75) is 19.3 Å². The lowest BCUT2D eigenvalue weighted by Gasteiger charge is -2.17. The van der Waals surface area contributed by atoms with Gasteiger partial charge in [-0.05, 0) is 43.5 Å². The molecule has 0 spiro atoms. The maximum atomic E-state index is 12.3. The topological polar surface area (TPSA) is 64.0 Å². The van der Waals surface area contributed by atoms with Crippen molar-refractivity contribution in [2.75, 3.05) is 5.32 Å². The quantitative estimate of drug-likeness (QED) is 0.697. The molecule has 1 aliphatic carbocycles. The van der Waals surface area contributed by atoms with Crippen LogP contribution in [0.5, 0.6) is 0 Å². The summed E-state index contributed by atoms with van der Waals surface area (Å²) in [6.07, 6.45) is 10.1. The van der Waals surface area contributed by atoms with E-state index in [2.05, 4.69) is 22.5 Å². The van der Waals surface area contributed by atoms with Gasteiger partial charge < -0.3 is 9.88 Å². The van der Waals surface area contributed by atoms with Crippen LogP contribution < -0.4 is 5.32 Å². The van der Waals surface area contributed by atoms with Crippen LogP contribution in [0.1, 0.15) is 35.4 Å².